The number of nitrogens with one attached hydrogen (secondary N) is 1. The number of hydrogen-bond acceptors (Lipinski definition) is 4. The number of aromatic nitrogens is 4. The molecule has 0 aliphatic rings. The van der Waals surface area contributed by atoms with Crippen molar-refractivity contribution in [3.8, 4) is 0 Å². The van der Waals surface area contributed by atoms with E-state index in [0.29, 0.717) is 0 Å². The van der Waals surface area contributed by atoms with Gasteiger partial charge in [0, 0.05) is 12.7 Å². The number of rotatable bonds is 3. The summed E-state index contributed by atoms with van der Waals surface area (Å²) in [6, 6.07) is 7.80. The first-order valence-electron chi connectivity index (χ1n) is 5.86. The Morgan fingerprint density at radius 3 is 2.78 bits per heavy atom. The summed E-state index contributed by atoms with van der Waals surface area (Å²) < 4.78 is 1.86. The lowest BCUT2D eigenvalue weighted by Crippen LogP contribution is -1.95. The summed E-state index contributed by atoms with van der Waals surface area (Å²) in [5.41, 5.74) is 2.69. The van der Waals surface area contributed by atoms with Crippen LogP contribution < -0.4 is 5.32 Å². The van der Waals surface area contributed by atoms with Gasteiger partial charge < -0.3 is 5.32 Å². The largest absolute Gasteiger partial charge is 0.336 e. The molecule has 0 saturated heterocycles. The number of benzene rings is 1. The third-order valence-corrected chi connectivity index (χ3v) is 2.68. The van der Waals surface area contributed by atoms with E-state index in [1.807, 2.05) is 42.1 Å². The van der Waals surface area contributed by atoms with Crippen molar-refractivity contribution in [3.05, 3.63) is 42.9 Å². The molecular formula is C13H13N5. The zero-order valence-corrected chi connectivity index (χ0v) is 10.0. The third-order valence-electron chi connectivity index (χ3n) is 2.68. The Labute approximate surface area is 104 Å². The number of fused-ring (bicyclic) bond motifs is 1. The van der Waals surface area contributed by atoms with Gasteiger partial charge >= 0.3 is 0 Å². The van der Waals surface area contributed by atoms with Crippen LogP contribution in [0.4, 0.5) is 11.5 Å². The van der Waals surface area contributed by atoms with E-state index >= 15 is 0 Å². The first kappa shape index (κ1) is 10.7. The van der Waals surface area contributed by atoms with Crippen molar-refractivity contribution in [3.63, 3.8) is 0 Å². The van der Waals surface area contributed by atoms with Gasteiger partial charge in [0.25, 0.3) is 0 Å². The van der Waals surface area contributed by atoms with Crippen LogP contribution in [0, 0.1) is 0 Å². The highest BCUT2D eigenvalue weighted by atomic mass is 15.3. The maximum absolute atomic E-state index is 4.49. The summed E-state index contributed by atoms with van der Waals surface area (Å²) in [6.07, 6.45) is 5.45. The van der Waals surface area contributed by atoms with Crippen LogP contribution in [0.15, 0.2) is 42.9 Å². The van der Waals surface area contributed by atoms with E-state index in [-0.39, 0.29) is 0 Å². The Morgan fingerprint density at radius 2 is 2.00 bits per heavy atom. The van der Waals surface area contributed by atoms with Crippen LogP contribution >= 0.6 is 0 Å². The number of nitrogens with zero attached hydrogens (tertiary/aromatic N) is 4. The number of aryl methyl sites for hydroxylation is 1. The zero-order valence-electron chi connectivity index (χ0n) is 10.0. The molecule has 0 atom stereocenters. The minimum atomic E-state index is 0.726. The average molecular weight is 239 g/mol. The monoisotopic (exact) mass is 239 g/mol. The van der Waals surface area contributed by atoms with Crippen LogP contribution in [0.2, 0.25) is 0 Å². The van der Waals surface area contributed by atoms with Gasteiger partial charge in [-0.3, -0.25) is 9.67 Å². The van der Waals surface area contributed by atoms with Crippen molar-refractivity contribution in [2.75, 3.05) is 5.32 Å². The molecule has 0 spiro atoms. The fourth-order valence-electron chi connectivity index (χ4n) is 1.77. The van der Waals surface area contributed by atoms with Gasteiger partial charge in [0.2, 0.25) is 0 Å². The molecule has 0 amide bonds. The lowest BCUT2D eigenvalue weighted by atomic mass is 10.3. The van der Waals surface area contributed by atoms with Gasteiger partial charge in [0.05, 0.1) is 29.1 Å². The summed E-state index contributed by atoms with van der Waals surface area (Å²) in [7, 11) is 0. The molecule has 3 aromatic rings. The molecule has 2 heterocycles. The van der Waals surface area contributed by atoms with E-state index < -0.39 is 0 Å². The molecule has 1 aromatic carbocycles. The quantitative estimate of drug-likeness (QED) is 0.763. The Morgan fingerprint density at radius 1 is 1.17 bits per heavy atom. The highest BCUT2D eigenvalue weighted by Crippen LogP contribution is 2.15. The fourth-order valence-corrected chi connectivity index (χ4v) is 1.77. The molecule has 0 fully saturated rings. The summed E-state index contributed by atoms with van der Waals surface area (Å²) in [6.45, 7) is 2.90. The topological polar surface area (TPSA) is 55.6 Å². The van der Waals surface area contributed by atoms with Gasteiger partial charge in [-0.25, -0.2) is 4.98 Å². The van der Waals surface area contributed by atoms with Crippen LogP contribution in [0.3, 0.4) is 0 Å². The minimum Gasteiger partial charge on any atom is -0.336 e. The van der Waals surface area contributed by atoms with Gasteiger partial charge in [-0.2, -0.15) is 5.10 Å². The predicted molar refractivity (Wildman–Crippen MR) is 70.7 cm³/mol. The van der Waals surface area contributed by atoms with E-state index in [1.54, 1.807) is 12.4 Å². The molecule has 1 N–H and O–H groups in total. The smallest absolute Gasteiger partial charge is 0.149 e. The van der Waals surface area contributed by atoms with Crippen LogP contribution in [0.25, 0.3) is 11.0 Å². The Bertz CT molecular complexity index is 674. The number of anilines is 2. The molecule has 0 radical (unpaired) electrons. The average Bonchev–Trinajstić information content (AvgIpc) is 2.86. The van der Waals surface area contributed by atoms with Gasteiger partial charge in [-0.15, -0.1) is 0 Å². The standard InChI is InChI=1S/C13H13N5/c1-2-18-9-10(7-15-18)16-13-8-14-11-5-3-4-6-12(11)17-13/h3-9H,2H2,1H3,(H,16,17). The Hall–Kier alpha value is -2.43. The predicted octanol–water partition coefficient (Wildman–Crippen LogP) is 2.59. The minimum absolute atomic E-state index is 0.726. The van der Waals surface area contributed by atoms with E-state index in [0.717, 1.165) is 29.1 Å². The fraction of sp³-hybridized carbons (Fsp3) is 0.154. The first-order chi connectivity index (χ1) is 8.85. The third kappa shape index (κ3) is 2.02. The second-order valence-corrected chi connectivity index (χ2v) is 3.95. The summed E-state index contributed by atoms with van der Waals surface area (Å²) in [4.78, 5) is 8.85. The van der Waals surface area contributed by atoms with Gasteiger partial charge in [0.1, 0.15) is 5.82 Å². The second kappa shape index (κ2) is 4.44. The van der Waals surface area contributed by atoms with E-state index in [9.17, 15) is 0 Å². The summed E-state index contributed by atoms with van der Waals surface area (Å²) >= 11 is 0. The highest BCUT2D eigenvalue weighted by Gasteiger charge is 2.01. The number of para-hydroxylation sites is 2. The molecule has 5 heteroatoms. The second-order valence-electron chi connectivity index (χ2n) is 3.95. The SMILES string of the molecule is CCn1cc(Nc2cnc3ccccc3n2)cn1. The summed E-state index contributed by atoms with van der Waals surface area (Å²) in [5, 5.41) is 7.39. The van der Waals surface area contributed by atoms with Crippen LogP contribution in [0.1, 0.15) is 6.92 Å². The molecule has 0 aliphatic carbocycles. The van der Waals surface area contributed by atoms with Crippen molar-refractivity contribution in [2.24, 2.45) is 0 Å². The normalized spacial score (nSPS) is 10.7. The molecule has 0 aliphatic heterocycles. The van der Waals surface area contributed by atoms with Crippen molar-refractivity contribution in [2.45, 2.75) is 13.5 Å². The van der Waals surface area contributed by atoms with E-state index in [1.165, 1.54) is 0 Å². The molecule has 90 valence electrons. The Kier molecular flexibility index (Phi) is 2.64. The molecule has 18 heavy (non-hydrogen) atoms. The molecule has 0 saturated carbocycles. The van der Waals surface area contributed by atoms with Crippen molar-refractivity contribution in [1.82, 2.24) is 19.7 Å². The van der Waals surface area contributed by atoms with Crippen LogP contribution in [0.5, 0.6) is 0 Å². The molecule has 5 nitrogen and oxygen atoms in total. The maximum atomic E-state index is 4.49. The zero-order chi connectivity index (χ0) is 12.4. The first-order valence-corrected chi connectivity index (χ1v) is 5.86. The van der Waals surface area contributed by atoms with Crippen molar-refractivity contribution >= 4 is 22.5 Å². The molecule has 3 rings (SSSR count). The number of hydrogen-bond donors (Lipinski definition) is 1. The molecule has 0 unspecified atom stereocenters. The summed E-state index contributed by atoms with van der Waals surface area (Å²) in [5.74, 6) is 0.726. The van der Waals surface area contributed by atoms with Gasteiger partial charge in [-0.1, -0.05) is 12.1 Å². The van der Waals surface area contributed by atoms with E-state index in [2.05, 4.69) is 20.4 Å². The van der Waals surface area contributed by atoms with Gasteiger partial charge in [-0.05, 0) is 19.1 Å². The molecule has 0 bridgehead atoms. The lowest BCUT2D eigenvalue weighted by Gasteiger charge is -2.03. The Balaban J connectivity index is 1.90. The van der Waals surface area contributed by atoms with Crippen LogP contribution in [-0.2, 0) is 6.54 Å². The van der Waals surface area contributed by atoms with Crippen LogP contribution in [-0.4, -0.2) is 19.7 Å². The van der Waals surface area contributed by atoms with E-state index in [4.69, 9.17) is 0 Å². The lowest BCUT2D eigenvalue weighted by molar-refractivity contribution is 0.660. The van der Waals surface area contributed by atoms with Gasteiger partial charge in [0.15, 0.2) is 0 Å². The van der Waals surface area contributed by atoms with Crippen molar-refractivity contribution in [1.29, 1.82) is 0 Å². The maximum Gasteiger partial charge on any atom is 0.149 e. The highest BCUT2D eigenvalue weighted by molar-refractivity contribution is 5.75. The molecule has 2 aromatic heterocycles. The van der Waals surface area contributed by atoms with Crippen molar-refractivity contribution < 1.29 is 0 Å². The molecular weight excluding hydrogens is 226 g/mol.